The summed E-state index contributed by atoms with van der Waals surface area (Å²) in [6.45, 7) is 15.9. The predicted molar refractivity (Wildman–Crippen MR) is 170 cm³/mol. The van der Waals surface area contributed by atoms with E-state index in [1.54, 1.807) is 45.5 Å². The standard InChI is InChI=1S/C34H41N3O4S/c1-7-18-35(25-12-10-9-11-13-25)30(39)27-28-31(40)37(24(5)21-38)29(34(28)17-16-33(27,6)42-34)32(41)36(19-8-2)26-20-22(3)14-15-23(26)4/h7-15,20,24,27-29,38H,1-2,16-19,21H2,3-6H3/t24-,27-,28+,29?,33+,34?/m1/s1. The van der Waals surface area contributed by atoms with Crippen LogP contribution in [0, 0.1) is 25.7 Å². The van der Waals surface area contributed by atoms with Crippen molar-refractivity contribution in [1.29, 1.82) is 0 Å². The summed E-state index contributed by atoms with van der Waals surface area (Å²) in [5.74, 6) is -1.86. The van der Waals surface area contributed by atoms with Gasteiger partial charge >= 0.3 is 0 Å². The fourth-order valence-corrected chi connectivity index (χ4v) is 9.73. The number of fused-ring (bicyclic) bond motifs is 1. The number of aliphatic hydroxyl groups is 1. The van der Waals surface area contributed by atoms with Crippen LogP contribution in [0.5, 0.6) is 0 Å². The first-order chi connectivity index (χ1) is 20.0. The lowest BCUT2D eigenvalue weighted by atomic mass is 9.66. The molecule has 0 radical (unpaired) electrons. The second-order valence-electron chi connectivity index (χ2n) is 12.1. The van der Waals surface area contributed by atoms with E-state index in [0.29, 0.717) is 19.4 Å². The molecule has 2 bridgehead atoms. The number of hydrogen-bond acceptors (Lipinski definition) is 5. The van der Waals surface area contributed by atoms with Gasteiger partial charge in [-0.05, 0) is 69.9 Å². The van der Waals surface area contributed by atoms with E-state index in [4.69, 9.17) is 0 Å². The van der Waals surface area contributed by atoms with E-state index < -0.39 is 33.4 Å². The molecule has 42 heavy (non-hydrogen) atoms. The molecule has 3 fully saturated rings. The number of amides is 3. The van der Waals surface area contributed by atoms with E-state index in [2.05, 4.69) is 20.1 Å². The van der Waals surface area contributed by atoms with E-state index in [9.17, 15) is 19.5 Å². The van der Waals surface area contributed by atoms with E-state index in [0.717, 1.165) is 22.5 Å². The number of anilines is 2. The molecule has 0 saturated carbocycles. The molecule has 3 saturated heterocycles. The van der Waals surface area contributed by atoms with Crippen LogP contribution >= 0.6 is 11.8 Å². The van der Waals surface area contributed by atoms with Gasteiger partial charge in [-0.15, -0.1) is 24.9 Å². The first-order valence-electron chi connectivity index (χ1n) is 14.6. The molecule has 3 aliphatic heterocycles. The van der Waals surface area contributed by atoms with Crippen molar-refractivity contribution in [3.8, 4) is 0 Å². The molecule has 1 spiro atoms. The second kappa shape index (κ2) is 11.4. The normalized spacial score (nSPS) is 28.4. The molecule has 3 amide bonds. The van der Waals surface area contributed by atoms with Crippen molar-refractivity contribution >= 4 is 40.9 Å². The van der Waals surface area contributed by atoms with Gasteiger partial charge in [0.1, 0.15) is 6.04 Å². The van der Waals surface area contributed by atoms with Crippen molar-refractivity contribution in [1.82, 2.24) is 4.90 Å². The number of carbonyl (C=O) groups is 3. The van der Waals surface area contributed by atoms with Crippen LogP contribution in [0.4, 0.5) is 11.4 Å². The maximum absolute atomic E-state index is 14.8. The summed E-state index contributed by atoms with van der Waals surface area (Å²) in [6.07, 6.45) is 4.75. The van der Waals surface area contributed by atoms with Crippen LogP contribution in [0.1, 0.15) is 37.8 Å². The Morgan fingerprint density at radius 2 is 1.74 bits per heavy atom. The Morgan fingerprint density at radius 1 is 1.07 bits per heavy atom. The smallest absolute Gasteiger partial charge is 0.251 e. The molecule has 6 atom stereocenters. The zero-order valence-corrected chi connectivity index (χ0v) is 25.8. The Bertz CT molecular complexity index is 1410. The fraction of sp³-hybridized carbons (Fsp3) is 0.441. The Hall–Kier alpha value is -3.36. The zero-order chi connectivity index (χ0) is 30.4. The molecule has 0 aliphatic carbocycles. The van der Waals surface area contributed by atoms with Crippen LogP contribution in [-0.4, -0.2) is 69.0 Å². The molecule has 1 N–H and O–H groups in total. The van der Waals surface area contributed by atoms with Crippen LogP contribution in [0.2, 0.25) is 0 Å². The monoisotopic (exact) mass is 587 g/mol. The molecule has 2 aromatic rings. The molecule has 3 aliphatic rings. The lowest BCUT2D eigenvalue weighted by Gasteiger charge is -2.39. The minimum absolute atomic E-state index is 0.127. The summed E-state index contributed by atoms with van der Waals surface area (Å²) in [5.41, 5.74) is 3.50. The highest BCUT2D eigenvalue weighted by Crippen LogP contribution is 2.72. The summed E-state index contributed by atoms with van der Waals surface area (Å²) >= 11 is 1.64. The van der Waals surface area contributed by atoms with Crippen LogP contribution in [-0.2, 0) is 14.4 Å². The van der Waals surface area contributed by atoms with Crippen LogP contribution in [0.15, 0.2) is 73.8 Å². The van der Waals surface area contributed by atoms with Gasteiger partial charge in [0.15, 0.2) is 0 Å². The van der Waals surface area contributed by atoms with Gasteiger partial charge in [0.2, 0.25) is 11.8 Å². The molecule has 222 valence electrons. The molecule has 2 aromatic carbocycles. The molecular weight excluding hydrogens is 546 g/mol. The Labute approximate surface area is 253 Å². The Kier molecular flexibility index (Phi) is 8.16. The van der Waals surface area contributed by atoms with E-state index >= 15 is 0 Å². The summed E-state index contributed by atoms with van der Waals surface area (Å²) in [5, 5.41) is 10.3. The Morgan fingerprint density at radius 3 is 2.38 bits per heavy atom. The van der Waals surface area contributed by atoms with Crippen LogP contribution in [0.3, 0.4) is 0 Å². The number of carbonyl (C=O) groups excluding carboxylic acids is 3. The molecule has 5 rings (SSSR count). The maximum atomic E-state index is 14.8. The van der Waals surface area contributed by atoms with Crippen molar-refractivity contribution in [3.05, 3.63) is 85.0 Å². The average molecular weight is 588 g/mol. The van der Waals surface area contributed by atoms with Gasteiger partial charge < -0.3 is 19.8 Å². The predicted octanol–water partition coefficient (Wildman–Crippen LogP) is 4.90. The first kappa shape index (κ1) is 30.1. The third-order valence-corrected chi connectivity index (χ3v) is 11.3. The van der Waals surface area contributed by atoms with Crippen molar-refractivity contribution < 1.29 is 19.5 Å². The van der Waals surface area contributed by atoms with Crippen molar-refractivity contribution in [2.24, 2.45) is 11.8 Å². The van der Waals surface area contributed by atoms with Gasteiger partial charge in [-0.25, -0.2) is 0 Å². The number of hydrogen-bond donors (Lipinski definition) is 1. The second-order valence-corrected chi connectivity index (χ2v) is 14.0. The van der Waals surface area contributed by atoms with Gasteiger partial charge in [0.05, 0.1) is 29.2 Å². The van der Waals surface area contributed by atoms with Gasteiger partial charge in [-0.2, -0.15) is 0 Å². The van der Waals surface area contributed by atoms with Gasteiger partial charge in [-0.1, -0.05) is 42.5 Å². The molecule has 7 nitrogen and oxygen atoms in total. The van der Waals surface area contributed by atoms with Crippen molar-refractivity contribution in [3.63, 3.8) is 0 Å². The zero-order valence-electron chi connectivity index (χ0n) is 25.0. The largest absolute Gasteiger partial charge is 0.394 e. The summed E-state index contributed by atoms with van der Waals surface area (Å²) in [4.78, 5) is 48.9. The minimum atomic E-state index is -0.828. The molecule has 2 unspecified atom stereocenters. The molecule has 8 heteroatoms. The van der Waals surface area contributed by atoms with E-state index in [1.807, 2.05) is 62.4 Å². The Balaban J connectivity index is 1.62. The fourth-order valence-electron chi connectivity index (χ4n) is 7.40. The lowest BCUT2D eigenvalue weighted by Crippen LogP contribution is -2.57. The summed E-state index contributed by atoms with van der Waals surface area (Å²) in [6, 6.07) is 14.0. The van der Waals surface area contributed by atoms with E-state index in [-0.39, 0.29) is 30.9 Å². The topological polar surface area (TPSA) is 81.2 Å². The quantitative estimate of drug-likeness (QED) is 0.400. The van der Waals surface area contributed by atoms with Crippen molar-refractivity contribution in [2.75, 3.05) is 29.5 Å². The SMILES string of the molecule is C=CCN(C(=O)[C@H]1[C@H]2C(=O)N([C@H](C)CO)C(C(=O)N(CC=C)c3cc(C)ccc3C)C23CC[C@]1(C)S3)c1ccccc1. The number of aliphatic hydroxyl groups excluding tert-OH is 1. The number of likely N-dealkylation sites (tertiary alicyclic amines) is 1. The van der Waals surface area contributed by atoms with E-state index in [1.165, 1.54) is 0 Å². The number of rotatable bonds is 10. The number of para-hydroxylation sites is 1. The third-order valence-electron chi connectivity index (χ3n) is 9.33. The van der Waals surface area contributed by atoms with Gasteiger partial charge in [-0.3, -0.25) is 14.4 Å². The third kappa shape index (κ3) is 4.60. The highest BCUT2D eigenvalue weighted by molar-refractivity contribution is 8.02. The van der Waals surface area contributed by atoms with Gasteiger partial charge in [0.25, 0.3) is 5.91 Å². The molecule has 0 aromatic heterocycles. The van der Waals surface area contributed by atoms with Gasteiger partial charge in [0, 0.05) is 29.2 Å². The lowest BCUT2D eigenvalue weighted by molar-refractivity contribution is -0.142. The molecule has 3 heterocycles. The highest BCUT2D eigenvalue weighted by Gasteiger charge is 2.78. The minimum Gasteiger partial charge on any atom is -0.394 e. The summed E-state index contributed by atoms with van der Waals surface area (Å²) < 4.78 is -1.30. The number of thioether (sulfide) groups is 1. The number of benzene rings is 2. The maximum Gasteiger partial charge on any atom is 0.251 e. The van der Waals surface area contributed by atoms with Crippen molar-refractivity contribution in [2.45, 2.75) is 62.1 Å². The van der Waals surface area contributed by atoms with Crippen LogP contribution in [0.25, 0.3) is 0 Å². The summed E-state index contributed by atoms with van der Waals surface area (Å²) in [7, 11) is 0. The number of nitrogens with zero attached hydrogens (tertiary/aromatic N) is 3. The first-order valence-corrected chi connectivity index (χ1v) is 15.5. The number of aryl methyl sites for hydroxylation is 2. The molecular formula is C34H41N3O4S. The average Bonchev–Trinajstić information content (AvgIpc) is 3.56. The van der Waals surface area contributed by atoms with Crippen LogP contribution < -0.4 is 9.80 Å². The highest BCUT2D eigenvalue weighted by atomic mass is 32.2.